The van der Waals surface area contributed by atoms with Crippen LogP contribution >= 0.6 is 0 Å². The summed E-state index contributed by atoms with van der Waals surface area (Å²) >= 11 is 0. The Balaban J connectivity index is 1.52. The molecule has 168 valence electrons. The molecule has 1 amide bonds. The molecule has 0 radical (unpaired) electrons. The number of methoxy groups -OCH3 is 1. The lowest BCUT2D eigenvalue weighted by molar-refractivity contribution is -0.132. The topological polar surface area (TPSA) is 76.8 Å². The molecule has 0 bridgehead atoms. The monoisotopic (exact) mass is 436 g/mol. The highest BCUT2D eigenvalue weighted by Crippen LogP contribution is 2.20. The number of hydrogen-bond donors (Lipinski definition) is 0. The van der Waals surface area contributed by atoms with Crippen LogP contribution in [0, 0.1) is 0 Å². The summed E-state index contributed by atoms with van der Waals surface area (Å²) in [6, 6.07) is 14.9. The molecule has 8 nitrogen and oxygen atoms in total. The number of carbonyl (C=O) groups is 1. The third kappa shape index (κ3) is 4.12. The third-order valence-corrected chi connectivity index (χ3v) is 5.94. The van der Waals surface area contributed by atoms with Crippen LogP contribution in [0.2, 0.25) is 0 Å². The molecule has 1 aliphatic heterocycles. The summed E-state index contributed by atoms with van der Waals surface area (Å²) in [4.78, 5) is 42.9. The molecule has 1 fully saturated rings. The number of para-hydroxylation sites is 1. The van der Waals surface area contributed by atoms with Gasteiger partial charge in [0.1, 0.15) is 12.3 Å². The average Bonchev–Trinajstić information content (AvgIpc) is 2.84. The van der Waals surface area contributed by atoms with Crippen molar-refractivity contribution in [1.82, 2.24) is 14.0 Å². The van der Waals surface area contributed by atoms with E-state index in [-0.39, 0.29) is 18.0 Å². The maximum Gasteiger partial charge on any atom is 0.331 e. The minimum atomic E-state index is -0.430. The number of hydrogen-bond acceptors (Lipinski definition) is 5. The first kappa shape index (κ1) is 21.7. The Kier molecular flexibility index (Phi) is 6.30. The summed E-state index contributed by atoms with van der Waals surface area (Å²) in [7, 11) is 1.64. The molecule has 0 atom stereocenters. The summed E-state index contributed by atoms with van der Waals surface area (Å²) in [5, 5.41) is 0.456. The quantitative estimate of drug-likeness (QED) is 0.590. The molecule has 1 aromatic heterocycles. The maximum absolute atomic E-state index is 13.1. The second-order valence-electron chi connectivity index (χ2n) is 7.91. The predicted molar refractivity (Wildman–Crippen MR) is 125 cm³/mol. The first-order valence-electron chi connectivity index (χ1n) is 10.9. The number of anilines is 1. The van der Waals surface area contributed by atoms with Crippen molar-refractivity contribution in [3.05, 3.63) is 69.4 Å². The summed E-state index contributed by atoms with van der Waals surface area (Å²) in [6.45, 7) is 4.74. The number of fused-ring (bicyclic) bond motifs is 1. The van der Waals surface area contributed by atoms with E-state index in [2.05, 4.69) is 4.90 Å². The van der Waals surface area contributed by atoms with Crippen LogP contribution in [0.15, 0.2) is 58.1 Å². The molecule has 0 N–H and O–H groups in total. The fourth-order valence-electron chi connectivity index (χ4n) is 4.19. The van der Waals surface area contributed by atoms with Crippen molar-refractivity contribution in [3.8, 4) is 5.75 Å². The van der Waals surface area contributed by atoms with Gasteiger partial charge < -0.3 is 14.5 Å². The molecule has 8 heteroatoms. The molecule has 4 rings (SSSR count). The lowest BCUT2D eigenvalue weighted by atomic mass is 10.2. The number of amides is 1. The molecule has 0 spiro atoms. The standard InChI is InChI=1S/C24H28N4O4/c1-3-12-27-23(30)20-6-4-5-7-21(20)28(24(27)31)17-22(29)26-15-13-25(14-16-26)18-8-10-19(32-2)11-9-18/h4-11H,3,12-17H2,1-2H3. The Bertz CT molecular complexity index is 1220. The average molecular weight is 437 g/mol. The van der Waals surface area contributed by atoms with Crippen LogP contribution in [-0.4, -0.2) is 53.2 Å². The highest BCUT2D eigenvalue weighted by Gasteiger charge is 2.23. The van der Waals surface area contributed by atoms with Crippen LogP contribution in [0.5, 0.6) is 5.75 Å². The Morgan fingerprint density at radius 2 is 1.62 bits per heavy atom. The van der Waals surface area contributed by atoms with Gasteiger partial charge in [0.05, 0.1) is 18.0 Å². The lowest BCUT2D eigenvalue weighted by Crippen LogP contribution is -2.50. The summed E-state index contributed by atoms with van der Waals surface area (Å²) in [6.07, 6.45) is 0.661. The number of piperazine rings is 1. The normalized spacial score (nSPS) is 14.1. The summed E-state index contributed by atoms with van der Waals surface area (Å²) in [5.41, 5.74) is 0.858. The van der Waals surface area contributed by atoms with E-state index in [0.717, 1.165) is 11.4 Å². The van der Waals surface area contributed by atoms with Gasteiger partial charge in [0.15, 0.2) is 0 Å². The van der Waals surface area contributed by atoms with Crippen LogP contribution in [0.1, 0.15) is 13.3 Å². The predicted octanol–water partition coefficient (Wildman–Crippen LogP) is 1.93. The number of aromatic nitrogens is 2. The molecular weight excluding hydrogens is 408 g/mol. The zero-order valence-electron chi connectivity index (χ0n) is 18.5. The summed E-state index contributed by atoms with van der Waals surface area (Å²) in [5.74, 6) is 0.693. The second-order valence-corrected chi connectivity index (χ2v) is 7.91. The van der Waals surface area contributed by atoms with Crippen LogP contribution in [0.25, 0.3) is 10.9 Å². The highest BCUT2D eigenvalue weighted by atomic mass is 16.5. The Hall–Kier alpha value is -3.55. The van der Waals surface area contributed by atoms with Crippen LogP contribution in [0.3, 0.4) is 0 Å². The van der Waals surface area contributed by atoms with Gasteiger partial charge in [0, 0.05) is 38.4 Å². The van der Waals surface area contributed by atoms with E-state index < -0.39 is 5.69 Å². The van der Waals surface area contributed by atoms with Gasteiger partial charge in [-0.3, -0.25) is 18.7 Å². The van der Waals surface area contributed by atoms with Crippen molar-refractivity contribution in [1.29, 1.82) is 0 Å². The molecule has 1 saturated heterocycles. The molecule has 0 aliphatic carbocycles. The van der Waals surface area contributed by atoms with Crippen molar-refractivity contribution >= 4 is 22.5 Å². The van der Waals surface area contributed by atoms with Crippen LogP contribution < -0.4 is 20.9 Å². The lowest BCUT2D eigenvalue weighted by Gasteiger charge is -2.36. The van der Waals surface area contributed by atoms with Crippen molar-refractivity contribution in [2.45, 2.75) is 26.4 Å². The maximum atomic E-state index is 13.1. The van der Waals surface area contributed by atoms with Crippen molar-refractivity contribution in [2.24, 2.45) is 0 Å². The largest absolute Gasteiger partial charge is 0.497 e. The first-order valence-corrected chi connectivity index (χ1v) is 10.9. The van der Waals surface area contributed by atoms with E-state index in [1.54, 1.807) is 36.3 Å². The number of nitrogens with zero attached hydrogens (tertiary/aromatic N) is 4. The van der Waals surface area contributed by atoms with E-state index in [0.29, 0.717) is 50.0 Å². The zero-order chi connectivity index (χ0) is 22.7. The zero-order valence-corrected chi connectivity index (χ0v) is 18.5. The van der Waals surface area contributed by atoms with E-state index in [1.165, 1.54) is 9.13 Å². The van der Waals surface area contributed by atoms with E-state index >= 15 is 0 Å². The van der Waals surface area contributed by atoms with Gasteiger partial charge in [-0.1, -0.05) is 19.1 Å². The van der Waals surface area contributed by atoms with E-state index in [4.69, 9.17) is 4.74 Å². The molecular formula is C24H28N4O4. The molecule has 32 heavy (non-hydrogen) atoms. The van der Waals surface area contributed by atoms with Crippen LogP contribution in [0.4, 0.5) is 5.69 Å². The number of rotatable bonds is 6. The number of benzene rings is 2. The molecule has 3 aromatic rings. The van der Waals surface area contributed by atoms with Gasteiger partial charge in [0.2, 0.25) is 5.91 Å². The fraction of sp³-hybridized carbons (Fsp3) is 0.375. The molecule has 0 saturated carbocycles. The van der Waals surface area contributed by atoms with Crippen molar-refractivity contribution in [3.63, 3.8) is 0 Å². The molecule has 0 unspecified atom stereocenters. The molecule has 2 heterocycles. The summed E-state index contributed by atoms with van der Waals surface area (Å²) < 4.78 is 7.88. The van der Waals surface area contributed by atoms with Gasteiger partial charge >= 0.3 is 5.69 Å². The van der Waals surface area contributed by atoms with Gasteiger partial charge in [-0.2, -0.15) is 0 Å². The van der Waals surface area contributed by atoms with Gasteiger partial charge in [-0.05, 0) is 42.8 Å². The van der Waals surface area contributed by atoms with Gasteiger partial charge in [0.25, 0.3) is 5.56 Å². The smallest absolute Gasteiger partial charge is 0.331 e. The molecule has 1 aliphatic rings. The van der Waals surface area contributed by atoms with Crippen LogP contribution in [-0.2, 0) is 17.9 Å². The highest BCUT2D eigenvalue weighted by molar-refractivity contribution is 5.81. The number of carbonyl (C=O) groups excluding carboxylic acids is 1. The van der Waals surface area contributed by atoms with Crippen molar-refractivity contribution in [2.75, 3.05) is 38.2 Å². The first-order chi connectivity index (χ1) is 15.5. The van der Waals surface area contributed by atoms with E-state index in [9.17, 15) is 14.4 Å². The van der Waals surface area contributed by atoms with Crippen molar-refractivity contribution < 1.29 is 9.53 Å². The minimum Gasteiger partial charge on any atom is -0.497 e. The SMILES string of the molecule is CCCn1c(=O)c2ccccc2n(CC(=O)N2CCN(c3ccc(OC)cc3)CC2)c1=O. The fourth-order valence-corrected chi connectivity index (χ4v) is 4.19. The second kappa shape index (κ2) is 9.30. The van der Waals surface area contributed by atoms with Gasteiger partial charge in [-0.25, -0.2) is 4.79 Å². The Morgan fingerprint density at radius 3 is 2.28 bits per heavy atom. The minimum absolute atomic E-state index is 0.0775. The third-order valence-electron chi connectivity index (χ3n) is 5.94. The van der Waals surface area contributed by atoms with Gasteiger partial charge in [-0.15, -0.1) is 0 Å². The number of ether oxygens (including phenoxy) is 1. The van der Waals surface area contributed by atoms with E-state index in [1.807, 2.05) is 31.2 Å². The Morgan fingerprint density at radius 1 is 0.938 bits per heavy atom. The molecule has 2 aromatic carbocycles. The Labute approximate surface area is 186 Å².